The minimum Gasteiger partial charge on any atom is -0.397 e. The zero-order valence-electron chi connectivity index (χ0n) is 11.0. The van der Waals surface area contributed by atoms with E-state index in [1.165, 1.54) is 6.20 Å². The van der Waals surface area contributed by atoms with Crippen LogP contribution in [0.4, 0.5) is 29.1 Å². The SMILES string of the molecule is Nc1ccc(N2CCN(C(=O)C(F)(F)C(F)F)CC2)nc1. The first kappa shape index (κ1) is 15.3. The number of amides is 1. The zero-order chi connectivity index (χ0) is 15.6. The predicted molar refractivity (Wildman–Crippen MR) is 68.4 cm³/mol. The van der Waals surface area contributed by atoms with Crippen molar-refractivity contribution in [2.45, 2.75) is 12.3 Å². The number of carbonyl (C=O) groups excluding carboxylic acids is 1. The normalized spacial score (nSPS) is 16.4. The minimum absolute atomic E-state index is 0.0623. The lowest BCUT2D eigenvalue weighted by Gasteiger charge is -2.36. The van der Waals surface area contributed by atoms with E-state index in [0.29, 0.717) is 11.5 Å². The Labute approximate surface area is 118 Å². The van der Waals surface area contributed by atoms with Gasteiger partial charge in [-0.05, 0) is 12.1 Å². The topological polar surface area (TPSA) is 62.5 Å². The maximum absolute atomic E-state index is 13.0. The monoisotopic (exact) mass is 306 g/mol. The van der Waals surface area contributed by atoms with Gasteiger partial charge in [-0.2, -0.15) is 8.78 Å². The molecule has 21 heavy (non-hydrogen) atoms. The van der Waals surface area contributed by atoms with E-state index in [1.807, 2.05) is 0 Å². The molecule has 0 spiro atoms. The summed E-state index contributed by atoms with van der Waals surface area (Å²) in [6.07, 6.45) is -2.54. The van der Waals surface area contributed by atoms with Crippen molar-refractivity contribution in [2.75, 3.05) is 36.8 Å². The fraction of sp³-hybridized carbons (Fsp3) is 0.500. The molecule has 2 N–H and O–H groups in total. The van der Waals surface area contributed by atoms with Crippen molar-refractivity contribution < 1.29 is 22.4 Å². The van der Waals surface area contributed by atoms with Crippen molar-refractivity contribution in [1.82, 2.24) is 9.88 Å². The van der Waals surface area contributed by atoms with Crippen molar-refractivity contribution in [3.05, 3.63) is 18.3 Å². The Bertz CT molecular complexity index is 500. The van der Waals surface area contributed by atoms with Crippen LogP contribution in [0.2, 0.25) is 0 Å². The number of halogens is 4. The molecule has 0 atom stereocenters. The number of carbonyl (C=O) groups is 1. The third-order valence-corrected chi connectivity index (χ3v) is 3.22. The highest BCUT2D eigenvalue weighted by molar-refractivity contribution is 5.84. The Kier molecular flexibility index (Phi) is 4.19. The number of hydrogen-bond donors (Lipinski definition) is 1. The van der Waals surface area contributed by atoms with Crippen molar-refractivity contribution >= 4 is 17.4 Å². The summed E-state index contributed by atoms with van der Waals surface area (Å²) in [7, 11) is 0. The highest BCUT2D eigenvalue weighted by Crippen LogP contribution is 2.26. The van der Waals surface area contributed by atoms with E-state index in [2.05, 4.69) is 4.98 Å². The lowest BCUT2D eigenvalue weighted by Crippen LogP contribution is -2.55. The molecule has 0 aliphatic carbocycles. The zero-order valence-corrected chi connectivity index (χ0v) is 11.0. The number of aromatic nitrogens is 1. The van der Waals surface area contributed by atoms with Gasteiger partial charge in [0, 0.05) is 26.2 Å². The number of alkyl halides is 4. The summed E-state index contributed by atoms with van der Waals surface area (Å²) in [4.78, 5) is 18.0. The van der Waals surface area contributed by atoms with Crippen LogP contribution >= 0.6 is 0 Å². The number of pyridine rings is 1. The van der Waals surface area contributed by atoms with Gasteiger partial charge in [0.05, 0.1) is 11.9 Å². The van der Waals surface area contributed by atoms with Crippen LogP contribution in [0.3, 0.4) is 0 Å². The van der Waals surface area contributed by atoms with E-state index >= 15 is 0 Å². The van der Waals surface area contributed by atoms with Crippen LogP contribution in [0.5, 0.6) is 0 Å². The number of anilines is 2. The number of piperazine rings is 1. The highest BCUT2D eigenvalue weighted by atomic mass is 19.3. The summed E-state index contributed by atoms with van der Waals surface area (Å²) in [5.74, 6) is -5.87. The van der Waals surface area contributed by atoms with Gasteiger partial charge in [0.25, 0.3) is 5.91 Å². The van der Waals surface area contributed by atoms with Crippen molar-refractivity contribution in [3.8, 4) is 0 Å². The molecular weight excluding hydrogens is 292 g/mol. The summed E-state index contributed by atoms with van der Waals surface area (Å²) in [6.45, 7) is 0.352. The van der Waals surface area contributed by atoms with E-state index in [1.54, 1.807) is 17.0 Å². The van der Waals surface area contributed by atoms with E-state index in [4.69, 9.17) is 5.73 Å². The quantitative estimate of drug-likeness (QED) is 0.853. The molecule has 1 aromatic rings. The molecule has 1 aromatic heterocycles. The molecule has 1 saturated heterocycles. The fourth-order valence-electron chi connectivity index (χ4n) is 2.03. The lowest BCUT2D eigenvalue weighted by molar-refractivity contribution is -0.180. The Morgan fingerprint density at radius 1 is 1.24 bits per heavy atom. The number of nitrogens with two attached hydrogens (primary N) is 1. The summed E-state index contributed by atoms with van der Waals surface area (Å²) < 4.78 is 50.4. The summed E-state index contributed by atoms with van der Waals surface area (Å²) in [5.41, 5.74) is 6.00. The predicted octanol–water partition coefficient (Wildman–Crippen LogP) is 1.21. The fourth-order valence-corrected chi connectivity index (χ4v) is 2.03. The van der Waals surface area contributed by atoms with Crippen LogP contribution in [0.15, 0.2) is 18.3 Å². The standard InChI is InChI=1S/C12H14F4N4O/c13-10(14)12(15,16)11(21)20-5-3-19(4-6-20)9-2-1-8(17)7-18-9/h1-2,7,10H,3-6,17H2. The van der Waals surface area contributed by atoms with Gasteiger partial charge in [-0.15, -0.1) is 0 Å². The van der Waals surface area contributed by atoms with Crippen molar-refractivity contribution in [1.29, 1.82) is 0 Å². The second-order valence-electron chi connectivity index (χ2n) is 4.65. The number of nitrogens with zero attached hydrogens (tertiary/aromatic N) is 3. The van der Waals surface area contributed by atoms with Crippen molar-refractivity contribution in [3.63, 3.8) is 0 Å². The van der Waals surface area contributed by atoms with Crippen LogP contribution in [-0.2, 0) is 4.79 Å². The van der Waals surface area contributed by atoms with E-state index in [-0.39, 0.29) is 26.2 Å². The van der Waals surface area contributed by atoms with Gasteiger partial charge in [-0.3, -0.25) is 4.79 Å². The molecule has 116 valence electrons. The van der Waals surface area contributed by atoms with Gasteiger partial charge < -0.3 is 15.5 Å². The highest BCUT2D eigenvalue weighted by Gasteiger charge is 2.51. The smallest absolute Gasteiger partial charge is 0.383 e. The van der Waals surface area contributed by atoms with Gasteiger partial charge in [0.2, 0.25) is 0 Å². The number of rotatable bonds is 3. The first-order valence-electron chi connectivity index (χ1n) is 6.24. The van der Waals surface area contributed by atoms with Gasteiger partial charge in [0.15, 0.2) is 0 Å². The third kappa shape index (κ3) is 3.17. The maximum atomic E-state index is 13.0. The molecule has 1 fully saturated rings. The van der Waals surface area contributed by atoms with Crippen LogP contribution < -0.4 is 10.6 Å². The molecule has 0 unspecified atom stereocenters. The first-order chi connectivity index (χ1) is 9.82. The molecule has 1 amide bonds. The molecular formula is C12H14F4N4O. The second kappa shape index (κ2) is 5.74. The Hall–Kier alpha value is -2.06. The number of nitrogen functional groups attached to an aromatic ring is 1. The van der Waals surface area contributed by atoms with Gasteiger partial charge in [0.1, 0.15) is 5.82 Å². The molecule has 1 aliphatic rings. The van der Waals surface area contributed by atoms with Crippen LogP contribution in [0.1, 0.15) is 0 Å². The van der Waals surface area contributed by atoms with Crippen molar-refractivity contribution in [2.24, 2.45) is 0 Å². The molecule has 0 bridgehead atoms. The molecule has 0 radical (unpaired) electrons. The molecule has 1 aliphatic heterocycles. The molecule has 0 saturated carbocycles. The Morgan fingerprint density at radius 2 is 1.86 bits per heavy atom. The average molecular weight is 306 g/mol. The van der Waals surface area contributed by atoms with E-state index in [9.17, 15) is 22.4 Å². The van der Waals surface area contributed by atoms with E-state index in [0.717, 1.165) is 4.90 Å². The first-order valence-corrected chi connectivity index (χ1v) is 6.24. The van der Waals surface area contributed by atoms with Crippen LogP contribution in [0.25, 0.3) is 0 Å². The summed E-state index contributed by atoms with van der Waals surface area (Å²) >= 11 is 0. The second-order valence-corrected chi connectivity index (χ2v) is 4.65. The van der Waals surface area contributed by atoms with Crippen LogP contribution in [0, 0.1) is 0 Å². The third-order valence-electron chi connectivity index (χ3n) is 3.22. The molecule has 2 heterocycles. The molecule has 2 rings (SSSR count). The Balaban J connectivity index is 1.97. The molecule has 5 nitrogen and oxygen atoms in total. The van der Waals surface area contributed by atoms with Gasteiger partial charge >= 0.3 is 12.3 Å². The maximum Gasteiger partial charge on any atom is 0.383 e. The summed E-state index contributed by atoms with van der Waals surface area (Å²) in [5, 5.41) is 0. The lowest BCUT2D eigenvalue weighted by atomic mass is 10.2. The van der Waals surface area contributed by atoms with Gasteiger partial charge in [-0.25, -0.2) is 13.8 Å². The molecule has 0 aromatic carbocycles. The summed E-state index contributed by atoms with van der Waals surface area (Å²) in [6, 6.07) is 3.31. The minimum atomic E-state index is -4.64. The Morgan fingerprint density at radius 3 is 2.33 bits per heavy atom. The number of hydrogen-bond acceptors (Lipinski definition) is 4. The molecule has 9 heteroatoms. The van der Waals surface area contributed by atoms with E-state index < -0.39 is 18.3 Å². The van der Waals surface area contributed by atoms with Crippen LogP contribution in [-0.4, -0.2) is 54.3 Å². The largest absolute Gasteiger partial charge is 0.397 e. The average Bonchev–Trinajstić information content (AvgIpc) is 2.47. The van der Waals surface area contributed by atoms with Gasteiger partial charge in [-0.1, -0.05) is 0 Å².